The van der Waals surface area contributed by atoms with E-state index in [-0.39, 0.29) is 0 Å². The van der Waals surface area contributed by atoms with E-state index in [0.717, 1.165) is 5.75 Å². The van der Waals surface area contributed by atoms with Crippen LogP contribution < -0.4 is 4.74 Å². The maximum Gasteiger partial charge on any atom is 0.138 e. The molecular formula is C10H11ClO. The second kappa shape index (κ2) is 4.83. The van der Waals surface area contributed by atoms with Crippen molar-refractivity contribution in [2.24, 2.45) is 0 Å². The van der Waals surface area contributed by atoms with Crippen molar-refractivity contribution in [3.05, 3.63) is 41.4 Å². The van der Waals surface area contributed by atoms with Gasteiger partial charge < -0.3 is 4.74 Å². The van der Waals surface area contributed by atoms with Crippen molar-refractivity contribution >= 4 is 11.6 Å². The lowest BCUT2D eigenvalue weighted by Crippen LogP contribution is -1.93. The van der Waals surface area contributed by atoms with E-state index < -0.39 is 0 Å². The van der Waals surface area contributed by atoms with Crippen LogP contribution in [-0.4, -0.2) is 6.61 Å². The van der Waals surface area contributed by atoms with Crippen molar-refractivity contribution in [3.8, 4) is 5.75 Å². The normalized spacial score (nSPS) is 10.5. The van der Waals surface area contributed by atoms with Crippen LogP contribution in [0.1, 0.15) is 6.92 Å². The van der Waals surface area contributed by atoms with Crippen LogP contribution in [0.4, 0.5) is 0 Å². The van der Waals surface area contributed by atoms with E-state index in [2.05, 4.69) is 0 Å². The van der Waals surface area contributed by atoms with Crippen LogP contribution in [-0.2, 0) is 0 Å². The molecule has 1 aromatic rings. The molecule has 0 heterocycles. The minimum absolute atomic E-state index is 0.570. The van der Waals surface area contributed by atoms with Crippen molar-refractivity contribution in [3.63, 3.8) is 0 Å². The van der Waals surface area contributed by atoms with Crippen molar-refractivity contribution in [1.82, 2.24) is 0 Å². The summed E-state index contributed by atoms with van der Waals surface area (Å²) >= 11 is 5.85. The van der Waals surface area contributed by atoms with Crippen LogP contribution >= 0.6 is 11.6 Å². The van der Waals surface area contributed by atoms with Gasteiger partial charge in [-0.2, -0.15) is 0 Å². The molecule has 1 rings (SSSR count). The molecule has 0 spiro atoms. The van der Waals surface area contributed by atoms with Gasteiger partial charge in [0.05, 0.1) is 5.02 Å². The maximum atomic E-state index is 5.85. The molecule has 0 aliphatic heterocycles. The van der Waals surface area contributed by atoms with Gasteiger partial charge in [-0.15, -0.1) is 0 Å². The molecule has 0 atom stereocenters. The topological polar surface area (TPSA) is 9.23 Å². The highest BCUT2D eigenvalue weighted by atomic mass is 35.5. The Hall–Kier alpha value is -0.950. The van der Waals surface area contributed by atoms with E-state index in [0.29, 0.717) is 11.6 Å². The number of para-hydroxylation sites is 1. The number of ether oxygens (including phenoxy) is 1. The zero-order valence-corrected chi connectivity index (χ0v) is 7.71. The number of hydrogen-bond donors (Lipinski definition) is 0. The molecule has 0 N–H and O–H groups in total. The third-order valence-corrected chi connectivity index (χ3v) is 1.72. The molecule has 12 heavy (non-hydrogen) atoms. The van der Waals surface area contributed by atoms with Crippen LogP contribution in [0.3, 0.4) is 0 Å². The van der Waals surface area contributed by atoms with Crippen LogP contribution in [0.5, 0.6) is 5.75 Å². The summed E-state index contributed by atoms with van der Waals surface area (Å²) in [6.07, 6.45) is 3.88. The summed E-state index contributed by atoms with van der Waals surface area (Å²) in [6.45, 7) is 2.52. The Kier molecular flexibility index (Phi) is 3.68. The molecule has 2 heteroatoms. The highest BCUT2D eigenvalue weighted by Crippen LogP contribution is 2.22. The summed E-state index contributed by atoms with van der Waals surface area (Å²) in [6, 6.07) is 7.44. The van der Waals surface area contributed by atoms with Crippen LogP contribution in [0.15, 0.2) is 36.4 Å². The molecule has 1 nitrogen and oxygen atoms in total. The summed E-state index contributed by atoms with van der Waals surface area (Å²) in [7, 11) is 0. The number of hydrogen-bond acceptors (Lipinski definition) is 1. The van der Waals surface area contributed by atoms with Crippen molar-refractivity contribution < 1.29 is 4.74 Å². The Morgan fingerprint density at radius 1 is 1.42 bits per heavy atom. The van der Waals surface area contributed by atoms with Gasteiger partial charge in [0.1, 0.15) is 12.4 Å². The molecule has 0 amide bonds. The fraction of sp³-hybridized carbons (Fsp3) is 0.200. The molecule has 0 aromatic heterocycles. The van der Waals surface area contributed by atoms with Crippen LogP contribution in [0.2, 0.25) is 5.02 Å². The SMILES string of the molecule is C/C=C/COc1ccccc1Cl. The predicted octanol–water partition coefficient (Wildman–Crippen LogP) is 3.29. The van der Waals surface area contributed by atoms with E-state index >= 15 is 0 Å². The van der Waals surface area contributed by atoms with Gasteiger partial charge in [-0.05, 0) is 19.1 Å². The largest absolute Gasteiger partial charge is 0.488 e. The molecular weight excluding hydrogens is 172 g/mol. The highest BCUT2D eigenvalue weighted by Gasteiger charge is 1.96. The van der Waals surface area contributed by atoms with E-state index in [1.54, 1.807) is 0 Å². The molecule has 0 unspecified atom stereocenters. The average molecular weight is 183 g/mol. The Morgan fingerprint density at radius 3 is 2.83 bits per heavy atom. The molecule has 0 radical (unpaired) electrons. The smallest absolute Gasteiger partial charge is 0.138 e. The lowest BCUT2D eigenvalue weighted by molar-refractivity contribution is 0.363. The van der Waals surface area contributed by atoms with E-state index in [9.17, 15) is 0 Å². The first-order valence-corrected chi connectivity index (χ1v) is 4.21. The van der Waals surface area contributed by atoms with Gasteiger partial charge in [-0.3, -0.25) is 0 Å². The van der Waals surface area contributed by atoms with Gasteiger partial charge >= 0.3 is 0 Å². The zero-order valence-electron chi connectivity index (χ0n) is 6.96. The van der Waals surface area contributed by atoms with Gasteiger partial charge in [0, 0.05) is 0 Å². The van der Waals surface area contributed by atoms with Gasteiger partial charge in [0.2, 0.25) is 0 Å². The van der Waals surface area contributed by atoms with E-state index in [1.807, 2.05) is 43.3 Å². The van der Waals surface area contributed by atoms with Gasteiger partial charge in [0.15, 0.2) is 0 Å². The molecule has 0 aliphatic carbocycles. The Labute approximate surface area is 77.6 Å². The van der Waals surface area contributed by atoms with Crippen molar-refractivity contribution in [2.75, 3.05) is 6.61 Å². The molecule has 1 aromatic carbocycles. The minimum Gasteiger partial charge on any atom is -0.488 e. The van der Waals surface area contributed by atoms with Crippen LogP contribution in [0, 0.1) is 0 Å². The minimum atomic E-state index is 0.570. The molecule has 0 saturated heterocycles. The highest BCUT2D eigenvalue weighted by molar-refractivity contribution is 6.32. The number of allylic oxidation sites excluding steroid dienone is 1. The Morgan fingerprint density at radius 2 is 2.17 bits per heavy atom. The Bertz CT molecular complexity index is 268. The summed E-state index contributed by atoms with van der Waals surface area (Å²) < 4.78 is 5.36. The number of halogens is 1. The standard InChI is InChI=1S/C10H11ClO/c1-2-3-8-12-10-7-5-4-6-9(10)11/h2-7H,8H2,1H3/b3-2+. The van der Waals surface area contributed by atoms with E-state index in [4.69, 9.17) is 16.3 Å². The summed E-state index contributed by atoms with van der Waals surface area (Å²) in [5.74, 6) is 0.734. The molecule has 64 valence electrons. The predicted molar refractivity (Wildman–Crippen MR) is 51.8 cm³/mol. The zero-order chi connectivity index (χ0) is 8.81. The second-order valence-corrected chi connectivity index (χ2v) is 2.72. The Balaban J connectivity index is 2.57. The number of rotatable bonds is 3. The summed E-state index contributed by atoms with van der Waals surface area (Å²) in [5.41, 5.74) is 0. The lowest BCUT2D eigenvalue weighted by Gasteiger charge is -2.03. The summed E-state index contributed by atoms with van der Waals surface area (Å²) in [4.78, 5) is 0. The first-order chi connectivity index (χ1) is 5.84. The average Bonchev–Trinajstić information content (AvgIpc) is 2.09. The first-order valence-electron chi connectivity index (χ1n) is 3.83. The fourth-order valence-electron chi connectivity index (χ4n) is 0.796. The van der Waals surface area contributed by atoms with Gasteiger partial charge in [-0.1, -0.05) is 35.9 Å². The molecule has 0 bridgehead atoms. The monoisotopic (exact) mass is 182 g/mol. The third kappa shape index (κ3) is 2.59. The van der Waals surface area contributed by atoms with Gasteiger partial charge in [-0.25, -0.2) is 0 Å². The van der Waals surface area contributed by atoms with Crippen LogP contribution in [0.25, 0.3) is 0 Å². The van der Waals surface area contributed by atoms with Crippen molar-refractivity contribution in [1.29, 1.82) is 0 Å². The lowest BCUT2D eigenvalue weighted by atomic mass is 10.3. The first kappa shape index (κ1) is 9.14. The maximum absolute atomic E-state index is 5.85. The third-order valence-electron chi connectivity index (χ3n) is 1.41. The van der Waals surface area contributed by atoms with E-state index in [1.165, 1.54) is 0 Å². The molecule has 0 fully saturated rings. The number of benzene rings is 1. The molecule has 0 saturated carbocycles. The quantitative estimate of drug-likeness (QED) is 0.652. The van der Waals surface area contributed by atoms with Crippen molar-refractivity contribution in [2.45, 2.75) is 6.92 Å². The molecule has 0 aliphatic rings. The fourth-order valence-corrected chi connectivity index (χ4v) is 0.986. The van der Waals surface area contributed by atoms with Gasteiger partial charge in [0.25, 0.3) is 0 Å². The summed E-state index contributed by atoms with van der Waals surface area (Å²) in [5, 5.41) is 0.655. The second-order valence-electron chi connectivity index (χ2n) is 2.31.